The third-order valence-corrected chi connectivity index (χ3v) is 5.19. The summed E-state index contributed by atoms with van der Waals surface area (Å²) in [7, 11) is 0.723. The Hall–Kier alpha value is -0.915. The highest BCUT2D eigenvalue weighted by Gasteiger charge is 2.54. The quantitative estimate of drug-likeness (QED) is 0.582. The van der Waals surface area contributed by atoms with Crippen molar-refractivity contribution in [3.05, 3.63) is 34.1 Å². The molecule has 0 aromatic heterocycles. The van der Waals surface area contributed by atoms with Crippen molar-refractivity contribution in [3.63, 3.8) is 0 Å². The van der Waals surface area contributed by atoms with Gasteiger partial charge >= 0.3 is 13.1 Å². The molecule has 0 spiro atoms. The second kappa shape index (κ2) is 6.53. The van der Waals surface area contributed by atoms with Crippen LogP contribution in [0.3, 0.4) is 0 Å². The van der Waals surface area contributed by atoms with Crippen LogP contribution in [0.25, 0.3) is 0 Å². The molecule has 0 radical (unpaired) electrons. The number of rotatable bonds is 4. The van der Waals surface area contributed by atoms with Crippen molar-refractivity contribution in [1.82, 2.24) is 0 Å². The van der Waals surface area contributed by atoms with Crippen molar-refractivity contribution in [1.29, 1.82) is 0 Å². The van der Waals surface area contributed by atoms with E-state index in [2.05, 4.69) is 15.9 Å². The molecule has 1 atom stereocenters. The molecule has 126 valence electrons. The highest BCUT2D eigenvalue weighted by Crippen LogP contribution is 2.42. The summed E-state index contributed by atoms with van der Waals surface area (Å²) >= 11 is 3.18. The van der Waals surface area contributed by atoms with Gasteiger partial charge in [-0.25, -0.2) is 4.39 Å². The molecule has 1 heterocycles. The number of halogens is 2. The minimum atomic E-state index is -0.614. The molecular weight excluding hydrogens is 366 g/mol. The van der Waals surface area contributed by atoms with Crippen LogP contribution >= 0.6 is 15.9 Å². The van der Waals surface area contributed by atoms with Gasteiger partial charge in [0.1, 0.15) is 5.82 Å². The Morgan fingerprint density at radius 3 is 2.35 bits per heavy atom. The van der Waals surface area contributed by atoms with Crippen LogP contribution in [-0.2, 0) is 18.8 Å². The molecule has 23 heavy (non-hydrogen) atoms. The van der Waals surface area contributed by atoms with Crippen molar-refractivity contribution in [2.45, 2.75) is 51.1 Å². The van der Waals surface area contributed by atoms with Crippen LogP contribution in [0.1, 0.15) is 45.5 Å². The van der Waals surface area contributed by atoms with Crippen molar-refractivity contribution < 1.29 is 23.2 Å². The van der Waals surface area contributed by atoms with Gasteiger partial charge in [0.25, 0.3) is 0 Å². The minimum absolute atomic E-state index is 0.0887. The topological polar surface area (TPSA) is 44.8 Å². The third-order valence-electron chi connectivity index (χ3n) is 4.59. The maximum atomic E-state index is 13.5. The molecule has 0 bridgehead atoms. The summed E-state index contributed by atoms with van der Waals surface area (Å²) in [6.07, 6.45) is 0.0887. The standard InChI is InChI=1S/C16H21BBrFO4/c1-15(2)16(3,4)23-17(22-15)11(9-14(20)21-5)10-6-7-13(19)12(18)8-10/h6-8,11H,9H2,1-5H3. The maximum Gasteiger partial charge on any atom is 0.466 e. The van der Waals surface area contributed by atoms with Gasteiger partial charge in [-0.2, -0.15) is 0 Å². The first kappa shape index (κ1) is 18.4. The lowest BCUT2D eigenvalue weighted by molar-refractivity contribution is -0.140. The largest absolute Gasteiger partial charge is 0.469 e. The Morgan fingerprint density at radius 1 is 1.30 bits per heavy atom. The molecule has 0 aliphatic carbocycles. The first-order chi connectivity index (χ1) is 10.6. The predicted octanol–water partition coefficient (Wildman–Crippen LogP) is 3.87. The van der Waals surface area contributed by atoms with E-state index in [0.717, 1.165) is 5.56 Å². The molecule has 0 amide bonds. The molecule has 1 saturated heterocycles. The van der Waals surface area contributed by atoms with Gasteiger partial charge in [0, 0.05) is 5.82 Å². The van der Waals surface area contributed by atoms with Crippen LogP contribution in [-0.4, -0.2) is 31.4 Å². The van der Waals surface area contributed by atoms with Gasteiger partial charge in [0.2, 0.25) is 0 Å². The molecule has 1 aromatic carbocycles. The average Bonchev–Trinajstić information content (AvgIpc) is 2.67. The molecule has 1 aliphatic rings. The van der Waals surface area contributed by atoms with Gasteiger partial charge in [-0.15, -0.1) is 0 Å². The van der Waals surface area contributed by atoms with Crippen molar-refractivity contribution >= 4 is 29.0 Å². The second-order valence-electron chi connectivity index (χ2n) is 6.69. The van der Waals surface area contributed by atoms with Gasteiger partial charge in [0.05, 0.1) is 29.2 Å². The fourth-order valence-electron chi connectivity index (χ4n) is 2.43. The van der Waals surface area contributed by atoms with E-state index in [1.165, 1.54) is 13.2 Å². The zero-order valence-corrected chi connectivity index (χ0v) is 15.6. The number of ether oxygens (including phenoxy) is 1. The molecule has 1 aliphatic heterocycles. The van der Waals surface area contributed by atoms with E-state index in [0.29, 0.717) is 4.47 Å². The summed E-state index contributed by atoms with van der Waals surface area (Å²) in [5.41, 5.74) is -0.269. The highest BCUT2D eigenvalue weighted by molar-refractivity contribution is 9.10. The van der Waals surface area contributed by atoms with Crippen LogP contribution in [0.2, 0.25) is 0 Å². The monoisotopic (exact) mass is 386 g/mol. The number of esters is 1. The van der Waals surface area contributed by atoms with Gasteiger partial charge in [0.15, 0.2) is 0 Å². The number of carbonyl (C=O) groups is 1. The maximum absolute atomic E-state index is 13.5. The fourth-order valence-corrected chi connectivity index (χ4v) is 2.83. The number of benzene rings is 1. The number of hydrogen-bond donors (Lipinski definition) is 0. The van der Waals surface area contributed by atoms with E-state index in [-0.39, 0.29) is 24.0 Å². The molecule has 1 fully saturated rings. The zero-order valence-electron chi connectivity index (χ0n) is 14.0. The minimum Gasteiger partial charge on any atom is -0.469 e. The van der Waals surface area contributed by atoms with Gasteiger partial charge in [-0.05, 0) is 61.3 Å². The summed E-state index contributed by atoms with van der Waals surface area (Å²) in [6, 6.07) is 4.64. The highest BCUT2D eigenvalue weighted by atomic mass is 79.9. The predicted molar refractivity (Wildman–Crippen MR) is 89.6 cm³/mol. The van der Waals surface area contributed by atoms with E-state index in [1.54, 1.807) is 12.1 Å². The first-order valence-corrected chi connectivity index (χ1v) is 8.24. The van der Waals surface area contributed by atoms with E-state index in [1.807, 2.05) is 27.7 Å². The Morgan fingerprint density at radius 2 is 1.87 bits per heavy atom. The lowest BCUT2D eigenvalue weighted by Crippen LogP contribution is -2.41. The molecule has 1 unspecified atom stereocenters. The SMILES string of the molecule is COC(=O)CC(B1OC(C)(C)C(C)(C)O1)c1ccc(F)c(Br)c1. The second-order valence-corrected chi connectivity index (χ2v) is 7.54. The summed E-state index contributed by atoms with van der Waals surface area (Å²) in [5.74, 6) is -1.12. The summed E-state index contributed by atoms with van der Waals surface area (Å²) in [6.45, 7) is 7.79. The van der Waals surface area contributed by atoms with Gasteiger partial charge < -0.3 is 14.0 Å². The lowest BCUT2D eigenvalue weighted by Gasteiger charge is -2.32. The summed E-state index contributed by atoms with van der Waals surface area (Å²) in [4.78, 5) is 11.8. The Kier molecular flexibility index (Phi) is 5.23. The fraction of sp³-hybridized carbons (Fsp3) is 0.562. The molecular formula is C16H21BBrFO4. The molecule has 0 saturated carbocycles. The molecule has 2 rings (SSSR count). The van der Waals surface area contributed by atoms with E-state index < -0.39 is 18.3 Å². The Balaban J connectivity index is 2.35. The Labute approximate surface area is 145 Å². The zero-order chi connectivity index (χ0) is 17.4. The number of carbonyl (C=O) groups excluding carboxylic acids is 1. The Bertz CT molecular complexity index is 590. The van der Waals surface area contributed by atoms with Crippen LogP contribution in [0, 0.1) is 5.82 Å². The van der Waals surface area contributed by atoms with E-state index >= 15 is 0 Å². The molecule has 7 heteroatoms. The number of methoxy groups -OCH3 is 1. The lowest BCUT2D eigenvalue weighted by atomic mass is 9.66. The normalized spacial score (nSPS) is 20.4. The van der Waals surface area contributed by atoms with Crippen LogP contribution in [0.5, 0.6) is 0 Å². The third kappa shape index (κ3) is 3.78. The molecule has 1 aromatic rings. The molecule has 4 nitrogen and oxygen atoms in total. The van der Waals surface area contributed by atoms with Crippen LogP contribution < -0.4 is 0 Å². The van der Waals surface area contributed by atoms with Crippen LogP contribution in [0.4, 0.5) is 4.39 Å². The average molecular weight is 387 g/mol. The molecule has 0 N–H and O–H groups in total. The smallest absolute Gasteiger partial charge is 0.466 e. The van der Waals surface area contributed by atoms with E-state index in [9.17, 15) is 9.18 Å². The van der Waals surface area contributed by atoms with Crippen LogP contribution in [0.15, 0.2) is 22.7 Å². The summed E-state index contributed by atoms with van der Waals surface area (Å²) in [5, 5.41) is 0. The van der Waals surface area contributed by atoms with Gasteiger partial charge in [-0.3, -0.25) is 4.79 Å². The van der Waals surface area contributed by atoms with Crippen molar-refractivity contribution in [2.24, 2.45) is 0 Å². The van der Waals surface area contributed by atoms with E-state index in [4.69, 9.17) is 14.0 Å². The van der Waals surface area contributed by atoms with Crippen molar-refractivity contribution in [2.75, 3.05) is 7.11 Å². The van der Waals surface area contributed by atoms with Crippen molar-refractivity contribution in [3.8, 4) is 0 Å². The summed E-state index contributed by atoms with van der Waals surface area (Å²) < 4.78 is 30.7. The first-order valence-electron chi connectivity index (χ1n) is 7.45. The van der Waals surface area contributed by atoms with Gasteiger partial charge in [-0.1, -0.05) is 6.07 Å². The number of hydrogen-bond acceptors (Lipinski definition) is 4.